The molecule has 0 amide bonds. The molecule has 1 unspecified atom stereocenters. The number of rotatable bonds is 9. The zero-order valence-corrected chi connectivity index (χ0v) is 15.7. The van der Waals surface area contributed by atoms with Crippen molar-refractivity contribution in [3.05, 3.63) is 65.7 Å². The second kappa shape index (κ2) is 9.54. The van der Waals surface area contributed by atoms with Crippen molar-refractivity contribution in [1.29, 1.82) is 0 Å². The Morgan fingerprint density at radius 3 is 2.38 bits per heavy atom. The molecule has 0 aromatic heterocycles. The number of hydrogen-bond acceptors (Lipinski definition) is 3. The summed E-state index contributed by atoms with van der Waals surface area (Å²) >= 11 is 0. The second-order valence-corrected chi connectivity index (χ2v) is 7.07. The van der Waals surface area contributed by atoms with Gasteiger partial charge in [-0.1, -0.05) is 43.7 Å². The molecule has 1 fully saturated rings. The first-order valence-electron chi connectivity index (χ1n) is 9.84. The average molecular weight is 351 g/mol. The molecule has 26 heavy (non-hydrogen) atoms. The molecule has 3 heteroatoms. The molecule has 0 spiro atoms. The smallest absolute Gasteiger partial charge is 0.167 e. The fraction of sp³-hybridized carbons (Fsp3) is 0.435. The molecule has 138 valence electrons. The van der Waals surface area contributed by atoms with Gasteiger partial charge in [0.05, 0.1) is 0 Å². The summed E-state index contributed by atoms with van der Waals surface area (Å²) < 4.78 is 6.27. The summed E-state index contributed by atoms with van der Waals surface area (Å²) in [7, 11) is 0. The van der Waals surface area contributed by atoms with Crippen LogP contribution in [-0.2, 0) is 6.42 Å². The van der Waals surface area contributed by atoms with Gasteiger partial charge < -0.3 is 4.74 Å². The highest BCUT2D eigenvalue weighted by Gasteiger charge is 2.23. The van der Waals surface area contributed by atoms with E-state index in [9.17, 15) is 4.79 Å². The van der Waals surface area contributed by atoms with Crippen molar-refractivity contribution in [2.75, 3.05) is 13.1 Å². The molecule has 1 aliphatic heterocycles. The number of ether oxygens (including phenoxy) is 1. The lowest BCUT2D eigenvalue weighted by Crippen LogP contribution is -2.37. The van der Waals surface area contributed by atoms with E-state index in [-0.39, 0.29) is 12.0 Å². The molecule has 3 rings (SSSR count). The summed E-state index contributed by atoms with van der Waals surface area (Å²) in [6.45, 7) is 4.47. The van der Waals surface area contributed by atoms with E-state index in [1.54, 1.807) is 0 Å². The number of unbranched alkanes of at least 4 members (excludes halogenated alkanes) is 1. The van der Waals surface area contributed by atoms with E-state index in [4.69, 9.17) is 4.74 Å². The maximum atomic E-state index is 12.4. The van der Waals surface area contributed by atoms with Crippen LogP contribution in [0, 0.1) is 0 Å². The first-order chi connectivity index (χ1) is 12.8. The maximum Gasteiger partial charge on any atom is 0.167 e. The molecule has 2 aromatic rings. The molecule has 0 saturated carbocycles. The molecule has 0 bridgehead atoms. The third kappa shape index (κ3) is 5.18. The molecule has 0 radical (unpaired) electrons. The van der Waals surface area contributed by atoms with Crippen molar-refractivity contribution in [2.24, 2.45) is 0 Å². The summed E-state index contributed by atoms with van der Waals surface area (Å²) in [6.07, 6.45) is 6.54. The van der Waals surface area contributed by atoms with Crippen molar-refractivity contribution in [3.63, 3.8) is 0 Å². The fourth-order valence-corrected chi connectivity index (χ4v) is 3.48. The molecule has 2 aromatic carbocycles. The molecule has 1 saturated heterocycles. The molecule has 1 heterocycles. The second-order valence-electron chi connectivity index (χ2n) is 7.07. The lowest BCUT2D eigenvalue weighted by atomic mass is 10.0. The van der Waals surface area contributed by atoms with Gasteiger partial charge in [0.15, 0.2) is 12.0 Å². The molecular formula is C23H29NO2. The number of carbonyl (C=O) groups excluding carboxylic acids is 1. The van der Waals surface area contributed by atoms with E-state index >= 15 is 0 Å². The van der Waals surface area contributed by atoms with Crippen molar-refractivity contribution in [3.8, 4) is 5.75 Å². The van der Waals surface area contributed by atoms with Crippen LogP contribution in [0.15, 0.2) is 54.6 Å². The van der Waals surface area contributed by atoms with E-state index in [2.05, 4.69) is 11.8 Å². The normalized spacial score (nSPS) is 15.7. The van der Waals surface area contributed by atoms with Gasteiger partial charge in [0, 0.05) is 25.1 Å². The predicted molar refractivity (Wildman–Crippen MR) is 106 cm³/mol. The van der Waals surface area contributed by atoms with Crippen LogP contribution in [0.5, 0.6) is 5.75 Å². The molecule has 1 atom stereocenters. The highest BCUT2D eigenvalue weighted by molar-refractivity contribution is 5.97. The number of benzene rings is 2. The Balaban J connectivity index is 1.61. The Morgan fingerprint density at radius 2 is 1.73 bits per heavy atom. The average Bonchev–Trinajstić information content (AvgIpc) is 3.21. The number of hydrogen-bond donors (Lipinski definition) is 0. The number of likely N-dealkylation sites (tertiary alicyclic amines) is 1. The minimum Gasteiger partial charge on any atom is -0.475 e. The summed E-state index contributed by atoms with van der Waals surface area (Å²) in [6, 6.07) is 17.5. The van der Waals surface area contributed by atoms with Gasteiger partial charge in [0.2, 0.25) is 0 Å². The maximum absolute atomic E-state index is 12.4. The molecule has 3 nitrogen and oxygen atoms in total. The van der Waals surface area contributed by atoms with E-state index < -0.39 is 0 Å². The SMILES string of the molecule is CCCCC(Oc1ccc(C(=O)Cc2ccccc2)cc1)N1CCCC1. The topological polar surface area (TPSA) is 29.5 Å². The summed E-state index contributed by atoms with van der Waals surface area (Å²) in [5.41, 5.74) is 1.79. The standard InChI is InChI=1S/C23H29NO2/c1-2-3-11-23(24-16-7-8-17-24)26-21-14-12-20(13-15-21)22(25)18-19-9-5-4-6-10-19/h4-6,9-10,12-15,23H,2-3,7-8,11,16-18H2,1H3. The van der Waals surface area contributed by atoms with Gasteiger partial charge >= 0.3 is 0 Å². The third-order valence-electron chi connectivity index (χ3n) is 5.01. The Kier molecular flexibility index (Phi) is 6.84. The Bertz CT molecular complexity index is 675. The van der Waals surface area contributed by atoms with Crippen LogP contribution >= 0.6 is 0 Å². The van der Waals surface area contributed by atoms with Crippen LogP contribution in [-0.4, -0.2) is 30.0 Å². The lowest BCUT2D eigenvalue weighted by molar-refractivity contribution is 0.0345. The van der Waals surface area contributed by atoms with Crippen LogP contribution in [0.25, 0.3) is 0 Å². The van der Waals surface area contributed by atoms with Crippen molar-refractivity contribution in [1.82, 2.24) is 4.90 Å². The van der Waals surface area contributed by atoms with Crippen LogP contribution in [0.1, 0.15) is 54.9 Å². The number of Topliss-reactive ketones (excluding diaryl/α,β-unsaturated/α-hetero) is 1. The van der Waals surface area contributed by atoms with Gasteiger partial charge in [0.1, 0.15) is 5.75 Å². The van der Waals surface area contributed by atoms with Gasteiger partial charge in [-0.2, -0.15) is 0 Å². The van der Waals surface area contributed by atoms with Gasteiger partial charge in [-0.3, -0.25) is 9.69 Å². The van der Waals surface area contributed by atoms with Gasteiger partial charge in [-0.25, -0.2) is 0 Å². The first-order valence-corrected chi connectivity index (χ1v) is 9.84. The Hall–Kier alpha value is -2.13. The minimum absolute atomic E-state index is 0.143. The molecule has 1 aliphatic rings. The molecule has 0 N–H and O–H groups in total. The van der Waals surface area contributed by atoms with E-state index in [0.717, 1.165) is 36.4 Å². The minimum atomic E-state index is 0.143. The van der Waals surface area contributed by atoms with E-state index in [1.165, 1.54) is 25.7 Å². The number of carbonyl (C=O) groups is 1. The summed E-state index contributed by atoms with van der Waals surface area (Å²) in [5.74, 6) is 0.999. The number of ketones is 1. The van der Waals surface area contributed by atoms with Crippen molar-refractivity contribution < 1.29 is 9.53 Å². The summed E-state index contributed by atoms with van der Waals surface area (Å²) in [4.78, 5) is 14.9. The first kappa shape index (κ1) is 18.7. The van der Waals surface area contributed by atoms with Crippen LogP contribution in [0.2, 0.25) is 0 Å². The molecular weight excluding hydrogens is 322 g/mol. The Labute approximate surface area is 157 Å². The van der Waals surface area contributed by atoms with E-state index in [0.29, 0.717) is 6.42 Å². The van der Waals surface area contributed by atoms with Gasteiger partial charge in [-0.05, 0) is 55.5 Å². The monoisotopic (exact) mass is 351 g/mol. The summed E-state index contributed by atoms with van der Waals surface area (Å²) in [5, 5.41) is 0. The predicted octanol–water partition coefficient (Wildman–Crippen LogP) is 5.10. The fourth-order valence-electron chi connectivity index (χ4n) is 3.48. The highest BCUT2D eigenvalue weighted by Crippen LogP contribution is 2.22. The molecule has 0 aliphatic carbocycles. The largest absolute Gasteiger partial charge is 0.475 e. The highest BCUT2D eigenvalue weighted by atomic mass is 16.5. The van der Waals surface area contributed by atoms with Gasteiger partial charge in [0.25, 0.3) is 0 Å². The van der Waals surface area contributed by atoms with Crippen molar-refractivity contribution >= 4 is 5.78 Å². The van der Waals surface area contributed by atoms with Crippen LogP contribution < -0.4 is 4.74 Å². The van der Waals surface area contributed by atoms with Crippen LogP contribution in [0.3, 0.4) is 0 Å². The Morgan fingerprint density at radius 1 is 1.04 bits per heavy atom. The zero-order chi connectivity index (χ0) is 18.2. The third-order valence-corrected chi connectivity index (χ3v) is 5.01. The van der Waals surface area contributed by atoms with Crippen LogP contribution in [0.4, 0.5) is 0 Å². The van der Waals surface area contributed by atoms with Gasteiger partial charge in [-0.15, -0.1) is 0 Å². The number of nitrogens with zero attached hydrogens (tertiary/aromatic N) is 1. The quantitative estimate of drug-likeness (QED) is 0.589. The van der Waals surface area contributed by atoms with Crippen molar-refractivity contribution in [2.45, 2.75) is 51.7 Å². The lowest BCUT2D eigenvalue weighted by Gasteiger charge is -2.28. The van der Waals surface area contributed by atoms with E-state index in [1.807, 2.05) is 54.6 Å². The zero-order valence-electron chi connectivity index (χ0n) is 15.7.